The van der Waals surface area contributed by atoms with E-state index in [1.54, 1.807) is 0 Å². The van der Waals surface area contributed by atoms with Crippen LogP contribution in [0.4, 0.5) is 0 Å². The van der Waals surface area contributed by atoms with Crippen molar-refractivity contribution in [2.24, 2.45) is 0 Å². The van der Waals surface area contributed by atoms with E-state index in [0.717, 1.165) is 32.7 Å². The van der Waals surface area contributed by atoms with Crippen molar-refractivity contribution in [3.8, 4) is 0 Å². The Bertz CT molecular complexity index is 190. The lowest BCUT2D eigenvalue weighted by Gasteiger charge is -2.29. The van der Waals surface area contributed by atoms with Crippen molar-refractivity contribution in [3.63, 3.8) is 0 Å². The number of amides is 1. The third kappa shape index (κ3) is 4.62. The van der Waals surface area contributed by atoms with Crippen molar-refractivity contribution in [1.29, 1.82) is 0 Å². The van der Waals surface area contributed by atoms with Crippen LogP contribution in [0.2, 0.25) is 0 Å². The van der Waals surface area contributed by atoms with E-state index in [1.165, 1.54) is 12.8 Å². The standard InChI is InChI=1S/C11H23N3O/c1-3-4-7-13(2)10-11(15)14-8-5-12-6-9-14/h12H,3-10H2,1-2H3. The molecule has 1 saturated heterocycles. The molecule has 15 heavy (non-hydrogen) atoms. The summed E-state index contributed by atoms with van der Waals surface area (Å²) in [4.78, 5) is 15.9. The van der Waals surface area contributed by atoms with Crippen LogP contribution in [0.15, 0.2) is 0 Å². The quantitative estimate of drug-likeness (QED) is 0.706. The smallest absolute Gasteiger partial charge is 0.236 e. The van der Waals surface area contributed by atoms with Gasteiger partial charge in [-0.1, -0.05) is 13.3 Å². The topological polar surface area (TPSA) is 35.6 Å². The maximum Gasteiger partial charge on any atom is 0.236 e. The summed E-state index contributed by atoms with van der Waals surface area (Å²) < 4.78 is 0. The van der Waals surface area contributed by atoms with Crippen molar-refractivity contribution in [2.75, 3.05) is 46.3 Å². The number of nitrogens with one attached hydrogen (secondary N) is 1. The first-order chi connectivity index (χ1) is 7.24. The maximum atomic E-state index is 11.8. The van der Waals surface area contributed by atoms with E-state index in [-0.39, 0.29) is 5.91 Å². The molecule has 4 heteroatoms. The van der Waals surface area contributed by atoms with Crippen LogP contribution in [0.25, 0.3) is 0 Å². The molecule has 0 spiro atoms. The number of unbranched alkanes of at least 4 members (excludes halogenated alkanes) is 1. The molecule has 0 aromatic carbocycles. The first kappa shape index (κ1) is 12.5. The highest BCUT2D eigenvalue weighted by Gasteiger charge is 2.16. The highest BCUT2D eigenvalue weighted by molar-refractivity contribution is 5.78. The van der Waals surface area contributed by atoms with Gasteiger partial charge in [0.15, 0.2) is 0 Å². The Balaban J connectivity index is 2.21. The molecule has 1 N–H and O–H groups in total. The third-order valence-electron chi connectivity index (χ3n) is 2.77. The summed E-state index contributed by atoms with van der Waals surface area (Å²) in [5.74, 6) is 0.273. The van der Waals surface area contributed by atoms with Crippen molar-refractivity contribution in [2.45, 2.75) is 19.8 Å². The average Bonchev–Trinajstić information content (AvgIpc) is 2.27. The van der Waals surface area contributed by atoms with Crippen molar-refractivity contribution in [1.82, 2.24) is 15.1 Å². The summed E-state index contributed by atoms with van der Waals surface area (Å²) in [6.07, 6.45) is 2.36. The van der Waals surface area contributed by atoms with Crippen LogP contribution in [-0.2, 0) is 4.79 Å². The molecule has 1 fully saturated rings. The fourth-order valence-electron chi connectivity index (χ4n) is 1.75. The SMILES string of the molecule is CCCCN(C)CC(=O)N1CCNCC1. The predicted molar refractivity (Wildman–Crippen MR) is 61.9 cm³/mol. The molecule has 1 rings (SSSR count). The molecule has 1 aliphatic rings. The van der Waals surface area contributed by atoms with Crippen LogP contribution >= 0.6 is 0 Å². The number of hydrogen-bond acceptors (Lipinski definition) is 3. The minimum absolute atomic E-state index is 0.273. The van der Waals surface area contributed by atoms with Gasteiger partial charge >= 0.3 is 0 Å². The van der Waals surface area contributed by atoms with E-state index in [1.807, 2.05) is 11.9 Å². The van der Waals surface area contributed by atoms with Crippen LogP contribution < -0.4 is 5.32 Å². The lowest BCUT2D eigenvalue weighted by molar-refractivity contribution is -0.132. The van der Waals surface area contributed by atoms with Gasteiger partial charge in [-0.15, -0.1) is 0 Å². The molecule has 4 nitrogen and oxygen atoms in total. The van der Waals surface area contributed by atoms with Crippen molar-refractivity contribution < 1.29 is 4.79 Å². The molecular formula is C11H23N3O. The average molecular weight is 213 g/mol. The Morgan fingerprint density at radius 2 is 2.07 bits per heavy atom. The number of hydrogen-bond donors (Lipinski definition) is 1. The molecule has 0 bridgehead atoms. The second-order valence-corrected chi connectivity index (χ2v) is 4.22. The Morgan fingerprint density at radius 1 is 1.40 bits per heavy atom. The van der Waals surface area contributed by atoms with Crippen LogP contribution in [0, 0.1) is 0 Å². The number of carbonyl (C=O) groups excluding carboxylic acids is 1. The molecule has 1 aliphatic heterocycles. The summed E-state index contributed by atoms with van der Waals surface area (Å²) >= 11 is 0. The predicted octanol–water partition coefficient (Wildman–Crippen LogP) is 0.150. The van der Waals surface area contributed by atoms with E-state index in [2.05, 4.69) is 17.1 Å². The molecule has 88 valence electrons. The summed E-state index contributed by atoms with van der Waals surface area (Å²) in [5, 5.41) is 3.25. The number of rotatable bonds is 5. The van der Waals surface area contributed by atoms with Crippen LogP contribution in [0.3, 0.4) is 0 Å². The molecule has 0 unspecified atom stereocenters. The summed E-state index contributed by atoms with van der Waals surface area (Å²) in [6.45, 7) is 7.36. The fraction of sp³-hybridized carbons (Fsp3) is 0.909. The number of piperazine rings is 1. The second kappa shape index (κ2) is 6.80. The number of carbonyl (C=O) groups is 1. The van der Waals surface area contributed by atoms with E-state index in [4.69, 9.17) is 0 Å². The molecule has 0 aromatic heterocycles. The third-order valence-corrected chi connectivity index (χ3v) is 2.77. The lowest BCUT2D eigenvalue weighted by Crippen LogP contribution is -2.49. The van der Waals surface area contributed by atoms with E-state index < -0.39 is 0 Å². The van der Waals surface area contributed by atoms with Crippen molar-refractivity contribution >= 4 is 5.91 Å². The van der Waals surface area contributed by atoms with E-state index in [9.17, 15) is 4.79 Å². The van der Waals surface area contributed by atoms with Crippen LogP contribution in [0.5, 0.6) is 0 Å². The van der Waals surface area contributed by atoms with Gasteiger partial charge in [0.2, 0.25) is 5.91 Å². The zero-order chi connectivity index (χ0) is 11.1. The van der Waals surface area contributed by atoms with Gasteiger partial charge in [-0.05, 0) is 20.0 Å². The Hall–Kier alpha value is -0.610. The van der Waals surface area contributed by atoms with Gasteiger partial charge in [0, 0.05) is 26.2 Å². The van der Waals surface area contributed by atoms with E-state index in [0.29, 0.717) is 6.54 Å². The highest BCUT2D eigenvalue weighted by atomic mass is 16.2. The second-order valence-electron chi connectivity index (χ2n) is 4.22. The molecule has 1 heterocycles. The Kier molecular flexibility index (Phi) is 5.65. The molecule has 0 saturated carbocycles. The summed E-state index contributed by atoms with van der Waals surface area (Å²) in [5.41, 5.74) is 0. The van der Waals surface area contributed by atoms with Crippen LogP contribution in [0.1, 0.15) is 19.8 Å². The molecule has 0 aliphatic carbocycles. The Labute approximate surface area is 92.6 Å². The fourth-order valence-corrected chi connectivity index (χ4v) is 1.75. The molecule has 0 radical (unpaired) electrons. The minimum atomic E-state index is 0.273. The lowest BCUT2D eigenvalue weighted by atomic mass is 10.3. The number of likely N-dealkylation sites (N-methyl/N-ethyl adjacent to an activating group) is 1. The zero-order valence-electron chi connectivity index (χ0n) is 9.96. The van der Waals surface area contributed by atoms with Crippen LogP contribution in [-0.4, -0.2) is 62.0 Å². The first-order valence-corrected chi connectivity index (χ1v) is 5.91. The van der Waals surface area contributed by atoms with Gasteiger partial charge in [0.05, 0.1) is 6.54 Å². The van der Waals surface area contributed by atoms with Gasteiger partial charge in [-0.3, -0.25) is 9.69 Å². The van der Waals surface area contributed by atoms with Gasteiger partial charge in [-0.2, -0.15) is 0 Å². The highest BCUT2D eigenvalue weighted by Crippen LogP contribution is 1.97. The molecule has 1 amide bonds. The monoisotopic (exact) mass is 213 g/mol. The van der Waals surface area contributed by atoms with Gasteiger partial charge in [-0.25, -0.2) is 0 Å². The van der Waals surface area contributed by atoms with Gasteiger partial charge in [0.25, 0.3) is 0 Å². The normalized spacial score (nSPS) is 17.1. The summed E-state index contributed by atoms with van der Waals surface area (Å²) in [6, 6.07) is 0. The first-order valence-electron chi connectivity index (χ1n) is 5.91. The summed E-state index contributed by atoms with van der Waals surface area (Å²) in [7, 11) is 2.02. The number of nitrogens with zero attached hydrogens (tertiary/aromatic N) is 2. The molecular weight excluding hydrogens is 190 g/mol. The minimum Gasteiger partial charge on any atom is -0.339 e. The molecule has 0 atom stereocenters. The van der Waals surface area contributed by atoms with Crippen molar-refractivity contribution in [3.05, 3.63) is 0 Å². The largest absolute Gasteiger partial charge is 0.339 e. The molecule has 0 aromatic rings. The van der Waals surface area contributed by atoms with Gasteiger partial charge in [0.1, 0.15) is 0 Å². The zero-order valence-corrected chi connectivity index (χ0v) is 9.96. The Morgan fingerprint density at radius 3 is 2.67 bits per heavy atom. The maximum absolute atomic E-state index is 11.8. The van der Waals surface area contributed by atoms with Gasteiger partial charge < -0.3 is 10.2 Å². The van der Waals surface area contributed by atoms with E-state index >= 15 is 0 Å².